The number of aromatic nitrogens is 6. The molecule has 0 aliphatic carbocycles. The van der Waals surface area contributed by atoms with E-state index < -0.39 is 0 Å². The van der Waals surface area contributed by atoms with Gasteiger partial charge in [-0.3, -0.25) is 4.98 Å². The predicted octanol–water partition coefficient (Wildman–Crippen LogP) is 14.2. The zero-order chi connectivity index (χ0) is 41.4. The topological polar surface area (TPSA) is 53.5 Å². The monoisotopic (exact) mass is 804 g/mol. The molecule has 5 heterocycles. The van der Waals surface area contributed by atoms with Crippen molar-refractivity contribution in [2.45, 2.75) is 0 Å². The Kier molecular flexibility index (Phi) is 7.80. The standard InChI is InChI=1S/C57H36N6/c1-3-15-40(16-4-1)62-52-24-10-8-20-43(52)47-35-38(25-28-53(47)62)55-45-21-7-9-23-50(45)59-57(60-55)39-26-29-54-48(36-39)44-27-30-51-46(56(44)63(54)41-17-5-2-6-18-41)31-33-61(51)42-19-13-14-37(34-42)49-22-11-12-32-58-49/h1-36H. The van der Waals surface area contributed by atoms with Crippen LogP contribution in [0.25, 0.3) is 116 Å². The fourth-order valence-corrected chi connectivity index (χ4v) is 9.69. The first-order valence-corrected chi connectivity index (χ1v) is 21.3. The van der Waals surface area contributed by atoms with Crippen LogP contribution in [0.2, 0.25) is 0 Å². The van der Waals surface area contributed by atoms with Gasteiger partial charge in [0.05, 0.1) is 44.5 Å². The fraction of sp³-hybridized carbons (Fsp3) is 0. The number of hydrogen-bond acceptors (Lipinski definition) is 3. The Morgan fingerprint density at radius 3 is 1.83 bits per heavy atom. The third-order valence-corrected chi connectivity index (χ3v) is 12.5. The van der Waals surface area contributed by atoms with E-state index in [2.05, 4.69) is 219 Å². The number of nitrogens with zero attached hydrogens (tertiary/aromatic N) is 6. The van der Waals surface area contributed by atoms with Crippen molar-refractivity contribution in [1.29, 1.82) is 0 Å². The molecule has 13 aromatic rings. The van der Waals surface area contributed by atoms with Gasteiger partial charge in [0.1, 0.15) is 0 Å². The number of benzene rings is 8. The summed E-state index contributed by atoms with van der Waals surface area (Å²) >= 11 is 0. The number of para-hydroxylation sites is 4. The Morgan fingerprint density at radius 1 is 0.349 bits per heavy atom. The quantitative estimate of drug-likeness (QED) is 0.168. The van der Waals surface area contributed by atoms with Crippen LogP contribution >= 0.6 is 0 Å². The molecule has 0 unspecified atom stereocenters. The minimum absolute atomic E-state index is 0.693. The second kappa shape index (κ2) is 14.0. The molecule has 13 rings (SSSR count). The number of pyridine rings is 1. The van der Waals surface area contributed by atoms with Crippen LogP contribution in [-0.2, 0) is 0 Å². The molecule has 0 atom stereocenters. The number of fused-ring (bicyclic) bond motifs is 9. The van der Waals surface area contributed by atoms with Crippen LogP contribution in [0.15, 0.2) is 219 Å². The van der Waals surface area contributed by atoms with Crippen LogP contribution in [0.3, 0.4) is 0 Å². The molecule has 63 heavy (non-hydrogen) atoms. The largest absolute Gasteiger partial charge is 0.316 e. The van der Waals surface area contributed by atoms with Crippen LogP contribution in [0, 0.1) is 0 Å². The van der Waals surface area contributed by atoms with Crippen molar-refractivity contribution in [3.8, 4) is 51.0 Å². The van der Waals surface area contributed by atoms with Crippen molar-refractivity contribution in [3.63, 3.8) is 0 Å². The Bertz CT molecular complexity index is 3900. The summed E-state index contributed by atoms with van der Waals surface area (Å²) in [4.78, 5) is 15.3. The molecule has 0 saturated carbocycles. The molecular formula is C57H36N6. The van der Waals surface area contributed by atoms with Crippen LogP contribution in [-0.4, -0.2) is 28.7 Å². The fourth-order valence-electron chi connectivity index (χ4n) is 9.69. The lowest BCUT2D eigenvalue weighted by Crippen LogP contribution is -1.96. The Balaban J connectivity index is 0.992. The van der Waals surface area contributed by atoms with Crippen LogP contribution in [0.1, 0.15) is 0 Å². The average Bonchev–Trinajstić information content (AvgIpc) is 4.04. The highest BCUT2D eigenvalue weighted by atomic mass is 15.0. The van der Waals surface area contributed by atoms with E-state index >= 15 is 0 Å². The van der Waals surface area contributed by atoms with E-state index in [-0.39, 0.29) is 0 Å². The smallest absolute Gasteiger partial charge is 0.160 e. The minimum atomic E-state index is 0.693. The highest BCUT2D eigenvalue weighted by Crippen LogP contribution is 2.41. The summed E-state index contributed by atoms with van der Waals surface area (Å²) in [5, 5.41) is 6.90. The Morgan fingerprint density at radius 2 is 1.00 bits per heavy atom. The summed E-state index contributed by atoms with van der Waals surface area (Å²) in [7, 11) is 0. The summed E-state index contributed by atoms with van der Waals surface area (Å²) in [6.45, 7) is 0. The molecule has 0 aliphatic heterocycles. The van der Waals surface area contributed by atoms with E-state index in [4.69, 9.17) is 9.97 Å². The van der Waals surface area contributed by atoms with E-state index in [0.29, 0.717) is 5.82 Å². The maximum Gasteiger partial charge on any atom is 0.160 e. The lowest BCUT2D eigenvalue weighted by Gasteiger charge is -2.11. The van der Waals surface area contributed by atoms with Gasteiger partial charge in [-0.25, -0.2) is 9.97 Å². The van der Waals surface area contributed by atoms with Crippen LogP contribution in [0.4, 0.5) is 0 Å². The van der Waals surface area contributed by atoms with Crippen molar-refractivity contribution >= 4 is 65.4 Å². The first-order chi connectivity index (χ1) is 31.2. The maximum absolute atomic E-state index is 5.43. The van der Waals surface area contributed by atoms with Gasteiger partial charge in [0, 0.05) is 78.5 Å². The van der Waals surface area contributed by atoms with Gasteiger partial charge in [-0.1, -0.05) is 103 Å². The number of rotatable bonds is 6. The molecule has 0 amide bonds. The predicted molar refractivity (Wildman–Crippen MR) is 259 cm³/mol. The van der Waals surface area contributed by atoms with E-state index in [1.165, 1.54) is 27.1 Å². The van der Waals surface area contributed by atoms with Crippen molar-refractivity contribution in [2.24, 2.45) is 0 Å². The Labute approximate surface area is 362 Å². The molecule has 0 N–H and O–H groups in total. The molecular weight excluding hydrogens is 769 g/mol. The van der Waals surface area contributed by atoms with Gasteiger partial charge in [0.2, 0.25) is 0 Å². The van der Waals surface area contributed by atoms with Gasteiger partial charge >= 0.3 is 0 Å². The van der Waals surface area contributed by atoms with Crippen LogP contribution in [0.5, 0.6) is 0 Å². The molecule has 0 fully saturated rings. The highest BCUT2D eigenvalue weighted by molar-refractivity contribution is 6.19. The van der Waals surface area contributed by atoms with E-state index in [1.807, 2.05) is 18.3 Å². The molecule has 0 saturated heterocycles. The van der Waals surface area contributed by atoms with Gasteiger partial charge < -0.3 is 13.7 Å². The first kappa shape index (κ1) is 35.2. The van der Waals surface area contributed by atoms with Crippen molar-refractivity contribution < 1.29 is 0 Å². The molecule has 5 aromatic heterocycles. The molecule has 6 heteroatoms. The zero-order valence-electron chi connectivity index (χ0n) is 34.0. The lowest BCUT2D eigenvalue weighted by molar-refractivity contribution is 1.13. The van der Waals surface area contributed by atoms with Crippen LogP contribution < -0.4 is 0 Å². The van der Waals surface area contributed by atoms with E-state index in [0.717, 1.165) is 83.5 Å². The van der Waals surface area contributed by atoms with Crippen molar-refractivity contribution in [3.05, 3.63) is 219 Å². The number of hydrogen-bond donors (Lipinski definition) is 0. The van der Waals surface area contributed by atoms with Gasteiger partial charge in [-0.15, -0.1) is 0 Å². The summed E-state index contributed by atoms with van der Waals surface area (Å²) in [5.74, 6) is 0.693. The second-order valence-electron chi connectivity index (χ2n) is 16.1. The summed E-state index contributed by atoms with van der Waals surface area (Å²) in [5.41, 5.74) is 15.0. The van der Waals surface area contributed by atoms with Gasteiger partial charge in [-0.2, -0.15) is 0 Å². The molecule has 0 bridgehead atoms. The lowest BCUT2D eigenvalue weighted by atomic mass is 10.0. The van der Waals surface area contributed by atoms with Crippen molar-refractivity contribution in [2.75, 3.05) is 0 Å². The third kappa shape index (κ3) is 5.55. The normalized spacial score (nSPS) is 11.8. The molecule has 0 spiro atoms. The van der Waals surface area contributed by atoms with E-state index in [9.17, 15) is 0 Å². The van der Waals surface area contributed by atoms with Gasteiger partial charge in [-0.05, 0) is 103 Å². The first-order valence-electron chi connectivity index (χ1n) is 21.3. The second-order valence-corrected chi connectivity index (χ2v) is 16.1. The SMILES string of the molecule is c1ccc(-n2c3ccccc3c3cc(-c4nc(-c5ccc6c(c5)c5ccc7c(ccn7-c7cccc(-c8ccccn8)c7)c5n6-c5ccccc5)nc5ccccc45)ccc32)cc1. The summed E-state index contributed by atoms with van der Waals surface area (Å²) in [6, 6.07) is 73.1. The summed E-state index contributed by atoms with van der Waals surface area (Å²) in [6.07, 6.45) is 4.02. The molecule has 0 aliphatic rings. The summed E-state index contributed by atoms with van der Waals surface area (Å²) < 4.78 is 7.03. The average molecular weight is 805 g/mol. The van der Waals surface area contributed by atoms with E-state index in [1.54, 1.807) is 0 Å². The third-order valence-electron chi connectivity index (χ3n) is 12.5. The van der Waals surface area contributed by atoms with Gasteiger partial charge in [0.25, 0.3) is 0 Å². The molecule has 0 radical (unpaired) electrons. The molecule has 294 valence electrons. The zero-order valence-corrected chi connectivity index (χ0v) is 34.0. The van der Waals surface area contributed by atoms with Crippen molar-refractivity contribution in [1.82, 2.24) is 28.7 Å². The Hall–Kier alpha value is -8.61. The van der Waals surface area contributed by atoms with Gasteiger partial charge in [0.15, 0.2) is 5.82 Å². The maximum atomic E-state index is 5.43. The minimum Gasteiger partial charge on any atom is -0.316 e. The molecule has 6 nitrogen and oxygen atoms in total. The molecule has 8 aromatic carbocycles. The highest BCUT2D eigenvalue weighted by Gasteiger charge is 2.20.